The van der Waals surface area contributed by atoms with Crippen molar-refractivity contribution < 1.29 is 9.31 Å². The predicted molar refractivity (Wildman–Crippen MR) is 80.9 cm³/mol. The fourth-order valence-corrected chi connectivity index (χ4v) is 2.12. The summed E-state index contributed by atoms with van der Waals surface area (Å²) in [5.41, 5.74) is 2.04. The molecule has 2 nitrogen and oxygen atoms in total. The molecule has 104 valence electrons. The number of hydrogen-bond acceptors (Lipinski definition) is 2. The number of benzene rings is 1. The molecule has 1 aliphatic heterocycles. The van der Waals surface area contributed by atoms with Crippen LogP contribution in [0.25, 0.3) is 0 Å². The van der Waals surface area contributed by atoms with Crippen LogP contribution in [-0.2, 0) is 14.7 Å². The van der Waals surface area contributed by atoms with Gasteiger partial charge in [-0.1, -0.05) is 45.0 Å². The predicted octanol–water partition coefficient (Wildman–Crippen LogP) is 3.28. The van der Waals surface area contributed by atoms with Crippen molar-refractivity contribution in [1.29, 1.82) is 0 Å². The Morgan fingerprint density at radius 3 is 1.63 bits per heavy atom. The van der Waals surface area contributed by atoms with Gasteiger partial charge in [-0.3, -0.25) is 0 Å². The zero-order valence-electron chi connectivity index (χ0n) is 13.2. The van der Waals surface area contributed by atoms with Crippen molar-refractivity contribution in [1.82, 2.24) is 0 Å². The summed E-state index contributed by atoms with van der Waals surface area (Å²) in [6, 6.07) is 8.56. The van der Waals surface area contributed by atoms with Crippen molar-refractivity contribution in [2.24, 2.45) is 0 Å². The van der Waals surface area contributed by atoms with Gasteiger partial charge in [0.05, 0.1) is 11.2 Å². The lowest BCUT2D eigenvalue weighted by Crippen LogP contribution is -2.41. The first-order chi connectivity index (χ1) is 8.53. The summed E-state index contributed by atoms with van der Waals surface area (Å²) in [6.07, 6.45) is 0. The highest BCUT2D eigenvalue weighted by Gasteiger charge is 2.51. The highest BCUT2D eigenvalue weighted by molar-refractivity contribution is 6.62. The number of hydrogen-bond donors (Lipinski definition) is 0. The summed E-state index contributed by atoms with van der Waals surface area (Å²) < 4.78 is 12.1. The van der Waals surface area contributed by atoms with Gasteiger partial charge >= 0.3 is 7.12 Å². The zero-order valence-corrected chi connectivity index (χ0v) is 13.2. The molecule has 0 radical (unpaired) electrons. The highest BCUT2D eigenvalue weighted by atomic mass is 16.7. The van der Waals surface area contributed by atoms with Crippen LogP contribution in [0, 0.1) is 0 Å². The van der Waals surface area contributed by atoms with E-state index in [1.807, 2.05) is 0 Å². The van der Waals surface area contributed by atoms with Gasteiger partial charge in [0.1, 0.15) is 0 Å². The van der Waals surface area contributed by atoms with E-state index in [4.69, 9.17) is 9.31 Å². The quantitative estimate of drug-likeness (QED) is 0.721. The summed E-state index contributed by atoms with van der Waals surface area (Å²) >= 11 is 0. The van der Waals surface area contributed by atoms with E-state index < -0.39 is 0 Å². The third-order valence-corrected chi connectivity index (χ3v) is 4.30. The molecule has 0 aliphatic carbocycles. The molecular formula is C16H25BO2. The molecule has 0 saturated carbocycles. The molecule has 1 heterocycles. The summed E-state index contributed by atoms with van der Waals surface area (Å²) in [6.45, 7) is 15.0. The van der Waals surface area contributed by atoms with Gasteiger partial charge in [-0.25, -0.2) is 0 Å². The standard InChI is InChI=1S/C16H25BO2/c1-14(2,3)12-8-10-13(11-9-12)17-18-15(4,5)16(6,7)19-17/h8-11H,1-7H3. The van der Waals surface area contributed by atoms with E-state index in [2.05, 4.69) is 72.7 Å². The first-order valence-electron chi connectivity index (χ1n) is 6.99. The van der Waals surface area contributed by atoms with Gasteiger partial charge in [-0.2, -0.15) is 0 Å². The molecule has 0 unspecified atom stereocenters. The molecule has 1 fully saturated rings. The fraction of sp³-hybridized carbons (Fsp3) is 0.625. The lowest BCUT2D eigenvalue weighted by atomic mass is 9.77. The van der Waals surface area contributed by atoms with E-state index in [0.29, 0.717) is 0 Å². The van der Waals surface area contributed by atoms with E-state index in [-0.39, 0.29) is 23.7 Å². The molecular weight excluding hydrogens is 235 g/mol. The van der Waals surface area contributed by atoms with E-state index in [1.165, 1.54) is 5.56 Å². The van der Waals surface area contributed by atoms with E-state index in [0.717, 1.165) is 5.46 Å². The van der Waals surface area contributed by atoms with Gasteiger partial charge < -0.3 is 9.31 Å². The second kappa shape index (κ2) is 4.36. The zero-order chi connectivity index (χ0) is 14.5. The second-order valence-corrected chi connectivity index (χ2v) is 7.46. The van der Waals surface area contributed by atoms with Crippen LogP contribution < -0.4 is 5.46 Å². The fourth-order valence-electron chi connectivity index (χ4n) is 2.12. The van der Waals surface area contributed by atoms with Crippen molar-refractivity contribution in [3.05, 3.63) is 29.8 Å². The summed E-state index contributed by atoms with van der Waals surface area (Å²) in [5, 5.41) is 0. The minimum atomic E-state index is -0.277. The maximum Gasteiger partial charge on any atom is 0.494 e. The average Bonchev–Trinajstić information content (AvgIpc) is 2.47. The van der Waals surface area contributed by atoms with Crippen molar-refractivity contribution in [3.63, 3.8) is 0 Å². The van der Waals surface area contributed by atoms with Gasteiger partial charge in [-0.15, -0.1) is 0 Å². The lowest BCUT2D eigenvalue weighted by Gasteiger charge is -2.32. The van der Waals surface area contributed by atoms with Crippen molar-refractivity contribution in [2.45, 2.75) is 65.1 Å². The summed E-state index contributed by atoms with van der Waals surface area (Å²) in [7, 11) is -0.265. The van der Waals surface area contributed by atoms with Gasteiger partial charge in [0.15, 0.2) is 0 Å². The van der Waals surface area contributed by atoms with Crippen LogP contribution in [0.3, 0.4) is 0 Å². The second-order valence-electron chi connectivity index (χ2n) is 7.46. The lowest BCUT2D eigenvalue weighted by molar-refractivity contribution is 0.00578. The van der Waals surface area contributed by atoms with Crippen LogP contribution in [0.4, 0.5) is 0 Å². The van der Waals surface area contributed by atoms with E-state index in [1.54, 1.807) is 0 Å². The Kier molecular flexibility index (Phi) is 3.35. The van der Waals surface area contributed by atoms with Crippen molar-refractivity contribution in [2.75, 3.05) is 0 Å². The summed E-state index contributed by atoms with van der Waals surface area (Å²) in [5.74, 6) is 0. The van der Waals surface area contributed by atoms with Crippen LogP contribution in [-0.4, -0.2) is 18.3 Å². The maximum absolute atomic E-state index is 6.05. The van der Waals surface area contributed by atoms with Gasteiger partial charge in [0.25, 0.3) is 0 Å². The monoisotopic (exact) mass is 260 g/mol. The molecule has 2 rings (SSSR count). The maximum atomic E-state index is 6.05. The van der Waals surface area contributed by atoms with Gasteiger partial charge in [-0.05, 0) is 44.1 Å². The van der Waals surface area contributed by atoms with E-state index in [9.17, 15) is 0 Å². The average molecular weight is 260 g/mol. The van der Waals surface area contributed by atoms with Crippen LogP contribution in [0.15, 0.2) is 24.3 Å². The molecule has 3 heteroatoms. The molecule has 1 saturated heterocycles. The topological polar surface area (TPSA) is 18.5 Å². The Bertz CT molecular complexity index is 439. The Labute approximate surface area is 117 Å². The molecule has 1 aromatic rings. The van der Waals surface area contributed by atoms with Crippen molar-refractivity contribution >= 4 is 12.6 Å². The van der Waals surface area contributed by atoms with Crippen LogP contribution in [0.5, 0.6) is 0 Å². The first kappa shape index (κ1) is 14.6. The smallest absolute Gasteiger partial charge is 0.399 e. The SMILES string of the molecule is CC(C)(C)c1ccc(B2OC(C)(C)C(C)(C)O2)cc1. The first-order valence-corrected chi connectivity index (χ1v) is 6.99. The molecule has 0 bridgehead atoms. The Morgan fingerprint density at radius 1 is 0.842 bits per heavy atom. The number of rotatable bonds is 1. The van der Waals surface area contributed by atoms with Crippen LogP contribution >= 0.6 is 0 Å². The Morgan fingerprint density at radius 2 is 1.26 bits per heavy atom. The van der Waals surface area contributed by atoms with Crippen molar-refractivity contribution in [3.8, 4) is 0 Å². The Balaban J connectivity index is 2.22. The van der Waals surface area contributed by atoms with E-state index >= 15 is 0 Å². The van der Waals surface area contributed by atoms with Crippen LogP contribution in [0.1, 0.15) is 54.0 Å². The molecule has 0 spiro atoms. The largest absolute Gasteiger partial charge is 0.494 e. The highest BCUT2D eigenvalue weighted by Crippen LogP contribution is 2.36. The third kappa shape index (κ3) is 2.73. The third-order valence-electron chi connectivity index (χ3n) is 4.30. The minimum Gasteiger partial charge on any atom is -0.399 e. The molecule has 0 atom stereocenters. The summed E-state index contributed by atoms with van der Waals surface area (Å²) in [4.78, 5) is 0. The molecule has 19 heavy (non-hydrogen) atoms. The van der Waals surface area contributed by atoms with Crippen LogP contribution in [0.2, 0.25) is 0 Å². The van der Waals surface area contributed by atoms with Gasteiger partial charge in [0, 0.05) is 0 Å². The molecule has 1 aliphatic rings. The normalized spacial score (nSPS) is 21.7. The molecule has 0 N–H and O–H groups in total. The Hall–Kier alpha value is -0.795. The molecule has 1 aromatic carbocycles. The molecule has 0 amide bonds. The molecule has 0 aromatic heterocycles. The van der Waals surface area contributed by atoms with Gasteiger partial charge in [0.2, 0.25) is 0 Å². The minimum absolute atomic E-state index is 0.175.